The van der Waals surface area contributed by atoms with E-state index in [0.717, 1.165) is 17.8 Å². The lowest BCUT2D eigenvalue weighted by molar-refractivity contribution is -0.387. The Balaban J connectivity index is 3.17. The summed E-state index contributed by atoms with van der Waals surface area (Å²) < 4.78 is 0. The standard InChI is InChI=1S/C9H7Cl2NO4S/c1-4(9(13)14)17-8-3-6(11)5(10)2-7(8)12(15)16/h2-4H,1H3,(H,13,14). The number of hydrogen-bond donors (Lipinski definition) is 1. The fourth-order valence-electron chi connectivity index (χ4n) is 0.996. The van der Waals surface area contributed by atoms with Crippen LogP contribution in [0.25, 0.3) is 0 Å². The largest absolute Gasteiger partial charge is 0.480 e. The molecule has 0 aliphatic heterocycles. The van der Waals surface area contributed by atoms with Crippen molar-refractivity contribution < 1.29 is 14.8 Å². The Morgan fingerprint density at radius 1 is 1.47 bits per heavy atom. The van der Waals surface area contributed by atoms with Crippen molar-refractivity contribution in [1.29, 1.82) is 0 Å². The second-order valence-electron chi connectivity index (χ2n) is 3.09. The minimum absolute atomic E-state index is 0.0608. The number of aliphatic carboxylic acids is 1. The normalized spacial score (nSPS) is 12.2. The van der Waals surface area contributed by atoms with Crippen LogP contribution in [0.2, 0.25) is 10.0 Å². The highest BCUT2D eigenvalue weighted by molar-refractivity contribution is 8.00. The van der Waals surface area contributed by atoms with E-state index in [2.05, 4.69) is 0 Å². The van der Waals surface area contributed by atoms with Crippen molar-refractivity contribution in [2.45, 2.75) is 17.1 Å². The number of carboxylic acids is 1. The van der Waals surface area contributed by atoms with Crippen LogP contribution in [0.5, 0.6) is 0 Å². The number of carbonyl (C=O) groups is 1. The molecule has 1 aromatic carbocycles. The number of thioether (sulfide) groups is 1. The molecule has 0 amide bonds. The molecule has 0 aliphatic rings. The number of hydrogen-bond acceptors (Lipinski definition) is 4. The van der Waals surface area contributed by atoms with Gasteiger partial charge in [-0.25, -0.2) is 0 Å². The molecule has 92 valence electrons. The Morgan fingerprint density at radius 3 is 2.47 bits per heavy atom. The summed E-state index contributed by atoms with van der Waals surface area (Å²) in [6, 6.07) is 2.41. The molecule has 1 unspecified atom stereocenters. The maximum atomic E-state index is 10.8. The number of nitrogens with zero attached hydrogens (tertiary/aromatic N) is 1. The van der Waals surface area contributed by atoms with Crippen LogP contribution in [-0.2, 0) is 4.79 Å². The smallest absolute Gasteiger partial charge is 0.316 e. The first kappa shape index (κ1) is 14.1. The first-order valence-corrected chi connectivity index (χ1v) is 5.99. The Kier molecular flexibility index (Phi) is 4.62. The van der Waals surface area contributed by atoms with Gasteiger partial charge in [-0.3, -0.25) is 14.9 Å². The van der Waals surface area contributed by atoms with Crippen LogP contribution in [0.1, 0.15) is 6.92 Å². The van der Waals surface area contributed by atoms with Gasteiger partial charge < -0.3 is 5.11 Å². The van der Waals surface area contributed by atoms with Crippen LogP contribution in [-0.4, -0.2) is 21.2 Å². The number of nitro benzene ring substituents is 1. The predicted molar refractivity (Wildman–Crippen MR) is 66.1 cm³/mol. The molecule has 0 bridgehead atoms. The Labute approximate surface area is 111 Å². The molecule has 17 heavy (non-hydrogen) atoms. The fourth-order valence-corrected chi connectivity index (χ4v) is 2.30. The Hall–Kier alpha value is -0.980. The van der Waals surface area contributed by atoms with Gasteiger partial charge in [0, 0.05) is 6.07 Å². The minimum Gasteiger partial charge on any atom is -0.480 e. The van der Waals surface area contributed by atoms with E-state index in [1.54, 1.807) is 0 Å². The van der Waals surface area contributed by atoms with E-state index in [9.17, 15) is 14.9 Å². The zero-order valence-corrected chi connectivity index (χ0v) is 10.8. The van der Waals surface area contributed by atoms with Crippen molar-refractivity contribution in [2.24, 2.45) is 0 Å². The zero-order valence-electron chi connectivity index (χ0n) is 8.52. The molecule has 1 atom stereocenters. The molecule has 0 aliphatic carbocycles. The summed E-state index contributed by atoms with van der Waals surface area (Å²) in [7, 11) is 0. The van der Waals surface area contributed by atoms with Crippen molar-refractivity contribution in [2.75, 3.05) is 0 Å². The van der Waals surface area contributed by atoms with E-state index in [0.29, 0.717) is 0 Å². The van der Waals surface area contributed by atoms with Crippen molar-refractivity contribution in [3.05, 3.63) is 32.3 Å². The van der Waals surface area contributed by atoms with Gasteiger partial charge in [0.25, 0.3) is 5.69 Å². The van der Waals surface area contributed by atoms with E-state index in [1.165, 1.54) is 13.0 Å². The minimum atomic E-state index is -1.06. The molecule has 1 rings (SSSR count). The van der Waals surface area contributed by atoms with E-state index in [1.807, 2.05) is 0 Å². The second kappa shape index (κ2) is 5.57. The Morgan fingerprint density at radius 2 is 2.00 bits per heavy atom. The molecule has 0 saturated heterocycles. The number of rotatable bonds is 4. The zero-order chi connectivity index (χ0) is 13.2. The predicted octanol–water partition coefficient (Wildman–Crippen LogP) is 3.47. The summed E-state index contributed by atoms with van der Waals surface area (Å²) >= 11 is 12.3. The summed E-state index contributed by atoms with van der Waals surface area (Å²) in [5, 5.41) is 18.9. The van der Waals surface area contributed by atoms with Crippen molar-refractivity contribution in [3.8, 4) is 0 Å². The van der Waals surface area contributed by atoms with Crippen LogP contribution in [0.3, 0.4) is 0 Å². The molecule has 1 N–H and O–H groups in total. The number of nitro groups is 1. The number of benzene rings is 1. The topological polar surface area (TPSA) is 80.4 Å². The van der Waals surface area contributed by atoms with Gasteiger partial charge in [-0.2, -0.15) is 0 Å². The highest BCUT2D eigenvalue weighted by atomic mass is 35.5. The van der Waals surface area contributed by atoms with Gasteiger partial charge in [-0.1, -0.05) is 23.2 Å². The lowest BCUT2D eigenvalue weighted by Crippen LogP contribution is -2.11. The molecular weight excluding hydrogens is 289 g/mol. The first-order chi connectivity index (χ1) is 7.82. The highest BCUT2D eigenvalue weighted by Gasteiger charge is 2.22. The maximum absolute atomic E-state index is 10.8. The fraction of sp³-hybridized carbons (Fsp3) is 0.222. The van der Waals surface area contributed by atoms with Crippen molar-refractivity contribution in [3.63, 3.8) is 0 Å². The van der Waals surface area contributed by atoms with Crippen LogP contribution >= 0.6 is 35.0 Å². The van der Waals surface area contributed by atoms with Gasteiger partial charge in [0.2, 0.25) is 0 Å². The molecule has 8 heteroatoms. The third-order valence-electron chi connectivity index (χ3n) is 1.85. The summed E-state index contributed by atoms with van der Waals surface area (Å²) in [5.74, 6) is -1.06. The van der Waals surface area contributed by atoms with Crippen molar-refractivity contribution in [1.82, 2.24) is 0 Å². The summed E-state index contributed by atoms with van der Waals surface area (Å²) in [4.78, 5) is 21.0. The summed E-state index contributed by atoms with van der Waals surface area (Å²) in [6.07, 6.45) is 0. The third-order valence-corrected chi connectivity index (χ3v) is 3.71. The van der Waals surface area contributed by atoms with Crippen LogP contribution in [0, 0.1) is 10.1 Å². The SMILES string of the molecule is CC(Sc1cc(Cl)c(Cl)cc1[N+](=O)[O-])C(=O)O. The highest BCUT2D eigenvalue weighted by Crippen LogP contribution is 2.38. The van der Waals surface area contributed by atoms with Gasteiger partial charge in [0.05, 0.1) is 19.9 Å². The van der Waals surface area contributed by atoms with Gasteiger partial charge in [0.1, 0.15) is 5.25 Å². The lowest BCUT2D eigenvalue weighted by atomic mass is 10.3. The quantitative estimate of drug-likeness (QED) is 0.522. The van der Waals surface area contributed by atoms with E-state index in [4.69, 9.17) is 28.3 Å². The average Bonchev–Trinajstić information content (AvgIpc) is 2.22. The molecule has 0 heterocycles. The molecule has 1 aromatic rings. The van der Waals surface area contributed by atoms with Crippen LogP contribution in [0.15, 0.2) is 17.0 Å². The molecular formula is C9H7Cl2NO4S. The molecule has 0 spiro atoms. The molecule has 0 fully saturated rings. The Bertz CT molecular complexity index is 480. The second-order valence-corrected chi connectivity index (χ2v) is 5.29. The van der Waals surface area contributed by atoms with Crippen molar-refractivity contribution >= 4 is 46.6 Å². The van der Waals surface area contributed by atoms with Gasteiger partial charge in [0.15, 0.2) is 0 Å². The van der Waals surface area contributed by atoms with Gasteiger partial charge >= 0.3 is 5.97 Å². The third kappa shape index (κ3) is 3.49. The van der Waals surface area contributed by atoms with Crippen LogP contribution < -0.4 is 0 Å². The van der Waals surface area contributed by atoms with Gasteiger partial charge in [-0.15, -0.1) is 11.8 Å². The van der Waals surface area contributed by atoms with E-state index >= 15 is 0 Å². The average molecular weight is 296 g/mol. The molecule has 0 saturated carbocycles. The lowest BCUT2D eigenvalue weighted by Gasteiger charge is -2.07. The van der Waals surface area contributed by atoms with E-state index < -0.39 is 16.1 Å². The summed E-state index contributed by atoms with van der Waals surface area (Å²) in [5.41, 5.74) is -0.252. The first-order valence-electron chi connectivity index (χ1n) is 4.36. The van der Waals surface area contributed by atoms with Gasteiger partial charge in [-0.05, 0) is 13.0 Å². The summed E-state index contributed by atoms with van der Waals surface area (Å²) in [6.45, 7) is 1.43. The molecule has 5 nitrogen and oxygen atoms in total. The van der Waals surface area contributed by atoms with E-state index in [-0.39, 0.29) is 20.6 Å². The monoisotopic (exact) mass is 295 g/mol. The number of halogens is 2. The molecule has 0 aromatic heterocycles. The number of carboxylic acid groups (broad SMARTS) is 1. The maximum Gasteiger partial charge on any atom is 0.316 e. The molecule has 0 radical (unpaired) electrons. The van der Waals surface area contributed by atoms with Crippen LogP contribution in [0.4, 0.5) is 5.69 Å².